The topological polar surface area (TPSA) is 50.4 Å². The number of hydrogen-bond acceptors (Lipinski definition) is 3. The summed E-state index contributed by atoms with van der Waals surface area (Å²) in [5.74, 6) is 0.753. The van der Waals surface area contributed by atoms with Crippen LogP contribution in [0.2, 0.25) is 0 Å². The Bertz CT molecular complexity index is 393. The van der Waals surface area contributed by atoms with Crippen molar-refractivity contribution in [2.45, 2.75) is 39.7 Å². The van der Waals surface area contributed by atoms with Crippen molar-refractivity contribution in [1.29, 1.82) is 0 Å². The van der Waals surface area contributed by atoms with Gasteiger partial charge in [-0.15, -0.1) is 0 Å². The Hall–Kier alpha value is -1.55. The van der Waals surface area contributed by atoms with Gasteiger partial charge in [0.25, 0.3) is 0 Å². The zero-order valence-electron chi connectivity index (χ0n) is 12.0. The summed E-state index contributed by atoms with van der Waals surface area (Å²) in [6.07, 6.45) is 2.15. The average Bonchev–Trinajstić information content (AvgIpc) is 2.39. The van der Waals surface area contributed by atoms with E-state index in [2.05, 4.69) is 24.5 Å². The van der Waals surface area contributed by atoms with E-state index >= 15 is 0 Å². The SMILES string of the molecule is CCCNCC(=O)Nc1cccc(OC(C)CC)c1. The van der Waals surface area contributed by atoms with Gasteiger partial charge in [0, 0.05) is 11.8 Å². The van der Waals surface area contributed by atoms with Gasteiger partial charge in [0.15, 0.2) is 0 Å². The predicted octanol–water partition coefficient (Wildman–Crippen LogP) is 2.80. The number of anilines is 1. The lowest BCUT2D eigenvalue weighted by molar-refractivity contribution is -0.115. The van der Waals surface area contributed by atoms with Gasteiger partial charge in [0.1, 0.15) is 5.75 Å². The van der Waals surface area contributed by atoms with E-state index in [1.54, 1.807) is 0 Å². The fourth-order valence-electron chi connectivity index (χ4n) is 1.55. The molecule has 0 aliphatic heterocycles. The molecule has 0 radical (unpaired) electrons. The fraction of sp³-hybridized carbons (Fsp3) is 0.533. The number of rotatable bonds is 8. The van der Waals surface area contributed by atoms with E-state index < -0.39 is 0 Å². The van der Waals surface area contributed by atoms with E-state index in [0.717, 1.165) is 30.8 Å². The zero-order valence-corrected chi connectivity index (χ0v) is 12.0. The number of benzene rings is 1. The average molecular weight is 264 g/mol. The molecule has 0 aliphatic rings. The Morgan fingerprint density at radius 2 is 2.16 bits per heavy atom. The second kappa shape index (κ2) is 8.53. The van der Waals surface area contributed by atoms with E-state index in [0.29, 0.717) is 6.54 Å². The molecular formula is C15H24N2O2. The highest BCUT2D eigenvalue weighted by Crippen LogP contribution is 2.19. The van der Waals surface area contributed by atoms with Gasteiger partial charge in [-0.25, -0.2) is 0 Å². The Morgan fingerprint density at radius 1 is 1.37 bits per heavy atom. The number of carbonyl (C=O) groups excluding carboxylic acids is 1. The molecule has 0 saturated heterocycles. The summed E-state index contributed by atoms with van der Waals surface area (Å²) in [6.45, 7) is 7.37. The molecule has 1 aromatic rings. The fourth-order valence-corrected chi connectivity index (χ4v) is 1.55. The van der Waals surface area contributed by atoms with E-state index in [4.69, 9.17) is 4.74 Å². The summed E-state index contributed by atoms with van der Waals surface area (Å²) in [5, 5.41) is 5.92. The van der Waals surface area contributed by atoms with Crippen molar-refractivity contribution < 1.29 is 9.53 Å². The van der Waals surface area contributed by atoms with Gasteiger partial charge in [-0.2, -0.15) is 0 Å². The summed E-state index contributed by atoms with van der Waals surface area (Å²) < 4.78 is 5.72. The number of nitrogens with one attached hydrogen (secondary N) is 2. The predicted molar refractivity (Wildman–Crippen MR) is 78.6 cm³/mol. The first-order valence-corrected chi connectivity index (χ1v) is 6.93. The molecule has 4 heteroatoms. The second-order valence-electron chi connectivity index (χ2n) is 4.59. The molecule has 1 amide bonds. The highest BCUT2D eigenvalue weighted by Gasteiger charge is 2.04. The number of hydrogen-bond donors (Lipinski definition) is 2. The second-order valence-corrected chi connectivity index (χ2v) is 4.59. The third kappa shape index (κ3) is 6.25. The molecule has 0 bridgehead atoms. The van der Waals surface area contributed by atoms with Crippen LogP contribution in [0.3, 0.4) is 0 Å². The molecule has 1 rings (SSSR count). The van der Waals surface area contributed by atoms with Crippen LogP contribution in [-0.4, -0.2) is 25.1 Å². The molecule has 0 saturated carbocycles. The Balaban J connectivity index is 2.49. The molecule has 19 heavy (non-hydrogen) atoms. The number of amides is 1. The molecule has 0 aromatic heterocycles. The van der Waals surface area contributed by atoms with Gasteiger partial charge in [-0.05, 0) is 38.4 Å². The smallest absolute Gasteiger partial charge is 0.238 e. The van der Waals surface area contributed by atoms with Gasteiger partial charge < -0.3 is 15.4 Å². The van der Waals surface area contributed by atoms with E-state index in [1.807, 2.05) is 31.2 Å². The number of ether oxygens (including phenoxy) is 1. The molecule has 4 nitrogen and oxygen atoms in total. The zero-order chi connectivity index (χ0) is 14.1. The molecular weight excluding hydrogens is 240 g/mol. The van der Waals surface area contributed by atoms with Gasteiger partial charge >= 0.3 is 0 Å². The summed E-state index contributed by atoms with van der Waals surface area (Å²) in [7, 11) is 0. The van der Waals surface area contributed by atoms with Crippen LogP contribution >= 0.6 is 0 Å². The third-order valence-corrected chi connectivity index (χ3v) is 2.74. The molecule has 1 aromatic carbocycles. The Labute approximate surface area is 115 Å². The summed E-state index contributed by atoms with van der Waals surface area (Å²) in [4.78, 5) is 11.7. The van der Waals surface area contributed by atoms with Crippen LogP contribution in [0.25, 0.3) is 0 Å². The molecule has 106 valence electrons. The first kappa shape index (κ1) is 15.5. The summed E-state index contributed by atoms with van der Waals surface area (Å²) in [6, 6.07) is 7.50. The Kier molecular flexibility index (Phi) is 6.97. The Morgan fingerprint density at radius 3 is 2.84 bits per heavy atom. The molecule has 0 spiro atoms. The van der Waals surface area contributed by atoms with Crippen LogP contribution in [-0.2, 0) is 4.79 Å². The lowest BCUT2D eigenvalue weighted by Gasteiger charge is -2.13. The van der Waals surface area contributed by atoms with Gasteiger partial charge in [0.05, 0.1) is 12.6 Å². The maximum absolute atomic E-state index is 11.7. The highest BCUT2D eigenvalue weighted by molar-refractivity contribution is 5.92. The van der Waals surface area contributed by atoms with Crippen LogP contribution in [0.15, 0.2) is 24.3 Å². The largest absolute Gasteiger partial charge is 0.491 e. The van der Waals surface area contributed by atoms with Crippen molar-refractivity contribution >= 4 is 11.6 Å². The van der Waals surface area contributed by atoms with Gasteiger partial charge in [0.2, 0.25) is 5.91 Å². The summed E-state index contributed by atoms with van der Waals surface area (Å²) in [5.41, 5.74) is 0.768. The van der Waals surface area contributed by atoms with Crippen LogP contribution in [0.4, 0.5) is 5.69 Å². The number of carbonyl (C=O) groups is 1. The van der Waals surface area contributed by atoms with Crippen LogP contribution in [0, 0.1) is 0 Å². The van der Waals surface area contributed by atoms with Crippen LogP contribution < -0.4 is 15.4 Å². The molecule has 0 aliphatic carbocycles. The molecule has 2 N–H and O–H groups in total. The minimum Gasteiger partial charge on any atom is -0.491 e. The lowest BCUT2D eigenvalue weighted by atomic mass is 10.2. The minimum absolute atomic E-state index is 0.0332. The van der Waals surface area contributed by atoms with Gasteiger partial charge in [-0.1, -0.05) is 19.9 Å². The van der Waals surface area contributed by atoms with Crippen LogP contribution in [0.5, 0.6) is 5.75 Å². The molecule has 1 unspecified atom stereocenters. The lowest BCUT2D eigenvalue weighted by Crippen LogP contribution is -2.28. The first-order valence-electron chi connectivity index (χ1n) is 6.93. The summed E-state index contributed by atoms with van der Waals surface area (Å²) >= 11 is 0. The van der Waals surface area contributed by atoms with Gasteiger partial charge in [-0.3, -0.25) is 4.79 Å². The third-order valence-electron chi connectivity index (χ3n) is 2.74. The van der Waals surface area contributed by atoms with Crippen molar-refractivity contribution in [3.8, 4) is 5.75 Å². The minimum atomic E-state index is -0.0332. The maximum atomic E-state index is 11.7. The van der Waals surface area contributed by atoms with Crippen LogP contribution in [0.1, 0.15) is 33.6 Å². The molecule has 1 atom stereocenters. The van der Waals surface area contributed by atoms with E-state index in [-0.39, 0.29) is 12.0 Å². The van der Waals surface area contributed by atoms with Crippen molar-refractivity contribution in [3.05, 3.63) is 24.3 Å². The maximum Gasteiger partial charge on any atom is 0.238 e. The standard InChI is InChI=1S/C15H24N2O2/c1-4-9-16-11-15(18)17-13-7-6-8-14(10-13)19-12(3)5-2/h6-8,10,12,16H,4-5,9,11H2,1-3H3,(H,17,18). The van der Waals surface area contributed by atoms with Crippen molar-refractivity contribution in [1.82, 2.24) is 5.32 Å². The highest BCUT2D eigenvalue weighted by atomic mass is 16.5. The van der Waals surface area contributed by atoms with E-state index in [1.165, 1.54) is 0 Å². The van der Waals surface area contributed by atoms with Crippen molar-refractivity contribution in [3.63, 3.8) is 0 Å². The quantitative estimate of drug-likeness (QED) is 0.710. The monoisotopic (exact) mass is 264 g/mol. The van der Waals surface area contributed by atoms with Crippen molar-refractivity contribution in [2.24, 2.45) is 0 Å². The normalized spacial score (nSPS) is 11.9. The first-order chi connectivity index (χ1) is 9.15. The molecule has 0 fully saturated rings. The molecule has 0 heterocycles. The van der Waals surface area contributed by atoms with E-state index in [9.17, 15) is 4.79 Å². The van der Waals surface area contributed by atoms with Crippen molar-refractivity contribution in [2.75, 3.05) is 18.4 Å².